The van der Waals surface area contributed by atoms with Crippen molar-refractivity contribution in [3.63, 3.8) is 0 Å². The summed E-state index contributed by atoms with van der Waals surface area (Å²) in [6, 6.07) is 4.27. The van der Waals surface area contributed by atoms with Crippen molar-refractivity contribution >= 4 is 5.97 Å². The van der Waals surface area contributed by atoms with E-state index in [2.05, 4.69) is 5.32 Å². The first-order valence-electron chi connectivity index (χ1n) is 5.78. The van der Waals surface area contributed by atoms with Crippen LogP contribution in [0.4, 0.5) is 0 Å². The highest BCUT2D eigenvalue weighted by molar-refractivity contribution is 5.75. The average molecular weight is 253 g/mol. The van der Waals surface area contributed by atoms with Gasteiger partial charge in [0.05, 0.1) is 7.11 Å². The second-order valence-electron chi connectivity index (χ2n) is 4.41. The second kappa shape index (κ2) is 6.26. The van der Waals surface area contributed by atoms with Gasteiger partial charge in [0, 0.05) is 12.1 Å². The normalized spacial score (nSPS) is 12.4. The van der Waals surface area contributed by atoms with Gasteiger partial charge in [-0.05, 0) is 12.0 Å². The zero-order valence-electron chi connectivity index (χ0n) is 10.8. The Morgan fingerprint density at radius 1 is 1.39 bits per heavy atom. The number of methoxy groups -OCH3 is 1. The maximum absolute atomic E-state index is 11.5. The molecule has 0 saturated carbocycles. The number of hydrogen-bond acceptors (Lipinski definition) is 5. The lowest BCUT2D eigenvalue weighted by Crippen LogP contribution is -2.41. The lowest BCUT2D eigenvalue weighted by atomic mass is 10.0. The van der Waals surface area contributed by atoms with E-state index in [-0.39, 0.29) is 29.9 Å². The molecule has 1 aromatic carbocycles. The third-order valence-corrected chi connectivity index (χ3v) is 2.73. The van der Waals surface area contributed by atoms with Gasteiger partial charge < -0.3 is 14.9 Å². The van der Waals surface area contributed by atoms with Crippen molar-refractivity contribution in [1.82, 2.24) is 5.32 Å². The van der Waals surface area contributed by atoms with Gasteiger partial charge in [-0.15, -0.1) is 0 Å². The zero-order chi connectivity index (χ0) is 13.7. The Morgan fingerprint density at radius 3 is 2.61 bits per heavy atom. The quantitative estimate of drug-likeness (QED) is 0.546. The Kier molecular flexibility index (Phi) is 4.97. The van der Waals surface area contributed by atoms with Crippen molar-refractivity contribution in [2.24, 2.45) is 5.92 Å². The van der Waals surface area contributed by atoms with Crippen LogP contribution < -0.4 is 5.32 Å². The van der Waals surface area contributed by atoms with Gasteiger partial charge >= 0.3 is 5.97 Å². The number of nitrogens with one attached hydrogen (secondary N) is 1. The van der Waals surface area contributed by atoms with Crippen molar-refractivity contribution in [2.75, 3.05) is 7.11 Å². The number of hydrogen-bond donors (Lipinski definition) is 3. The molecule has 1 atom stereocenters. The highest BCUT2D eigenvalue weighted by Crippen LogP contribution is 2.28. The topological polar surface area (TPSA) is 78.8 Å². The van der Waals surface area contributed by atoms with Gasteiger partial charge in [-0.25, -0.2) is 0 Å². The number of aromatic hydroxyl groups is 2. The second-order valence-corrected chi connectivity index (χ2v) is 4.41. The molecule has 1 rings (SSSR count). The van der Waals surface area contributed by atoms with E-state index in [0.29, 0.717) is 5.56 Å². The Balaban J connectivity index is 2.73. The molecule has 0 spiro atoms. The van der Waals surface area contributed by atoms with Crippen LogP contribution in [0.5, 0.6) is 11.5 Å². The minimum Gasteiger partial charge on any atom is -0.504 e. The van der Waals surface area contributed by atoms with Crippen molar-refractivity contribution in [3.8, 4) is 11.5 Å². The van der Waals surface area contributed by atoms with E-state index < -0.39 is 6.04 Å². The Hall–Kier alpha value is -1.75. The third-order valence-electron chi connectivity index (χ3n) is 2.73. The fraction of sp³-hybridized carbons (Fsp3) is 0.462. The minimum atomic E-state index is -0.447. The molecule has 3 N–H and O–H groups in total. The van der Waals surface area contributed by atoms with Crippen LogP contribution in [0.15, 0.2) is 18.2 Å². The summed E-state index contributed by atoms with van der Waals surface area (Å²) in [7, 11) is 1.34. The minimum absolute atomic E-state index is 0.0666. The first-order valence-corrected chi connectivity index (χ1v) is 5.78. The first kappa shape index (κ1) is 14.3. The maximum Gasteiger partial charge on any atom is 0.323 e. The van der Waals surface area contributed by atoms with Gasteiger partial charge in [-0.2, -0.15) is 0 Å². The van der Waals surface area contributed by atoms with Crippen LogP contribution in [0.3, 0.4) is 0 Å². The van der Waals surface area contributed by atoms with Crippen LogP contribution in [-0.4, -0.2) is 29.3 Å². The third kappa shape index (κ3) is 3.37. The summed E-state index contributed by atoms with van der Waals surface area (Å²) in [6.45, 7) is 4.08. The summed E-state index contributed by atoms with van der Waals surface area (Å²) in [5.74, 6) is -0.618. The van der Waals surface area contributed by atoms with E-state index >= 15 is 0 Å². The zero-order valence-corrected chi connectivity index (χ0v) is 10.8. The fourth-order valence-electron chi connectivity index (χ4n) is 1.66. The van der Waals surface area contributed by atoms with Gasteiger partial charge in [0.1, 0.15) is 6.04 Å². The smallest absolute Gasteiger partial charge is 0.323 e. The predicted molar refractivity (Wildman–Crippen MR) is 67.3 cm³/mol. The molecule has 100 valence electrons. The van der Waals surface area contributed by atoms with Crippen LogP contribution in [0.2, 0.25) is 0 Å². The molecule has 0 amide bonds. The highest BCUT2D eigenvalue weighted by Gasteiger charge is 2.22. The van der Waals surface area contributed by atoms with Gasteiger partial charge in [0.25, 0.3) is 0 Å². The molecule has 1 aromatic rings. The van der Waals surface area contributed by atoms with Crippen LogP contribution >= 0.6 is 0 Å². The molecule has 0 fully saturated rings. The maximum atomic E-state index is 11.5. The molecule has 0 bridgehead atoms. The number of carbonyl (C=O) groups excluding carboxylic acids is 1. The first-order chi connectivity index (χ1) is 8.47. The molecule has 0 unspecified atom stereocenters. The number of phenolic OH excluding ortho intramolecular Hbond substituents is 2. The molecule has 5 heteroatoms. The molecule has 0 aliphatic heterocycles. The number of benzene rings is 1. The Morgan fingerprint density at radius 2 is 2.06 bits per heavy atom. The Bertz CT molecular complexity index is 417. The van der Waals surface area contributed by atoms with E-state index in [9.17, 15) is 15.0 Å². The van der Waals surface area contributed by atoms with Gasteiger partial charge in [-0.1, -0.05) is 26.0 Å². The molecule has 0 aromatic heterocycles. The number of esters is 1. The van der Waals surface area contributed by atoms with E-state index in [0.717, 1.165) is 0 Å². The van der Waals surface area contributed by atoms with Crippen LogP contribution in [0, 0.1) is 5.92 Å². The van der Waals surface area contributed by atoms with E-state index in [1.165, 1.54) is 13.2 Å². The van der Waals surface area contributed by atoms with Crippen LogP contribution in [-0.2, 0) is 16.1 Å². The number of para-hydroxylation sites is 1. The number of ether oxygens (including phenoxy) is 1. The molecule has 0 aliphatic carbocycles. The van der Waals surface area contributed by atoms with Crippen molar-refractivity contribution in [3.05, 3.63) is 23.8 Å². The monoisotopic (exact) mass is 253 g/mol. The van der Waals surface area contributed by atoms with Gasteiger partial charge in [0.2, 0.25) is 0 Å². The fourth-order valence-corrected chi connectivity index (χ4v) is 1.66. The van der Waals surface area contributed by atoms with Crippen molar-refractivity contribution < 1.29 is 19.7 Å². The molecule has 5 nitrogen and oxygen atoms in total. The molecular formula is C13H19NO4. The average Bonchev–Trinajstić information content (AvgIpc) is 2.33. The molecule has 0 radical (unpaired) electrons. The molecule has 18 heavy (non-hydrogen) atoms. The summed E-state index contributed by atoms with van der Waals surface area (Å²) in [5.41, 5.74) is 0.532. The van der Waals surface area contributed by atoms with Crippen molar-refractivity contribution in [2.45, 2.75) is 26.4 Å². The summed E-state index contributed by atoms with van der Waals surface area (Å²) in [6.07, 6.45) is 0. The Labute approximate surface area is 106 Å². The largest absolute Gasteiger partial charge is 0.504 e. The van der Waals surface area contributed by atoms with Gasteiger partial charge in [-0.3, -0.25) is 10.1 Å². The summed E-state index contributed by atoms with van der Waals surface area (Å²) < 4.78 is 4.70. The predicted octanol–water partition coefficient (Wildman–Crippen LogP) is 1.38. The summed E-state index contributed by atoms with van der Waals surface area (Å²) in [5, 5.41) is 22.0. The van der Waals surface area contributed by atoms with E-state index in [1.54, 1.807) is 12.1 Å². The number of rotatable bonds is 5. The van der Waals surface area contributed by atoms with E-state index in [4.69, 9.17) is 4.74 Å². The molecule has 0 heterocycles. The van der Waals surface area contributed by atoms with Crippen molar-refractivity contribution in [1.29, 1.82) is 0 Å². The lowest BCUT2D eigenvalue weighted by molar-refractivity contribution is -0.144. The number of phenols is 2. The van der Waals surface area contributed by atoms with E-state index in [1.807, 2.05) is 13.8 Å². The molecule has 0 saturated heterocycles. The summed E-state index contributed by atoms with van der Waals surface area (Å²) in [4.78, 5) is 11.5. The number of carbonyl (C=O) groups is 1. The van der Waals surface area contributed by atoms with Crippen LogP contribution in [0.25, 0.3) is 0 Å². The summed E-state index contributed by atoms with van der Waals surface area (Å²) >= 11 is 0. The van der Waals surface area contributed by atoms with Crippen LogP contribution in [0.1, 0.15) is 19.4 Å². The highest BCUT2D eigenvalue weighted by atomic mass is 16.5. The molecular weight excluding hydrogens is 234 g/mol. The molecule has 0 aliphatic rings. The SMILES string of the molecule is COC(=O)[C@@H](NCc1cccc(O)c1O)C(C)C. The standard InChI is InChI=1S/C13H19NO4/c1-8(2)11(13(17)18-3)14-7-9-5-4-6-10(15)12(9)16/h4-6,8,11,14-16H,7H2,1-3H3/t11-/m0/s1. The van der Waals surface area contributed by atoms with Gasteiger partial charge in [0.15, 0.2) is 11.5 Å². The lowest BCUT2D eigenvalue weighted by Gasteiger charge is -2.20.